The maximum Gasteiger partial charge on any atom is 0.254 e. The van der Waals surface area contributed by atoms with Gasteiger partial charge >= 0.3 is 0 Å². The summed E-state index contributed by atoms with van der Waals surface area (Å²) < 4.78 is 18.9. The van der Waals surface area contributed by atoms with Gasteiger partial charge in [-0.2, -0.15) is 0 Å². The van der Waals surface area contributed by atoms with Crippen molar-refractivity contribution in [2.75, 3.05) is 13.1 Å². The lowest BCUT2D eigenvalue weighted by Crippen LogP contribution is -2.39. The molecule has 22 heavy (non-hydrogen) atoms. The topological polar surface area (TPSA) is 58.4 Å². The van der Waals surface area contributed by atoms with Crippen molar-refractivity contribution >= 4 is 17.2 Å². The molecule has 3 heterocycles. The first-order valence-corrected chi connectivity index (χ1v) is 8.10. The first-order chi connectivity index (χ1) is 10.6. The van der Waals surface area contributed by atoms with Gasteiger partial charge in [-0.25, -0.2) is 9.37 Å². The molecular weight excluding hydrogens is 305 g/mol. The normalized spacial score (nSPS) is 22.1. The van der Waals surface area contributed by atoms with Crippen LogP contribution in [0.25, 0.3) is 0 Å². The first-order valence-electron chi connectivity index (χ1n) is 7.22. The minimum Gasteiger partial charge on any atom is -0.469 e. The summed E-state index contributed by atoms with van der Waals surface area (Å²) in [7, 11) is 0. The second-order valence-electron chi connectivity index (χ2n) is 5.44. The fraction of sp³-hybridized carbons (Fsp3) is 0.467. The highest BCUT2D eigenvalue weighted by molar-refractivity contribution is 7.09. The predicted molar refractivity (Wildman–Crippen MR) is 81.6 cm³/mol. The minimum atomic E-state index is -0.850. The van der Waals surface area contributed by atoms with Gasteiger partial charge in [-0.15, -0.1) is 11.3 Å². The van der Waals surface area contributed by atoms with Gasteiger partial charge in [0, 0.05) is 30.7 Å². The van der Waals surface area contributed by atoms with E-state index in [1.54, 1.807) is 30.5 Å². The minimum absolute atomic E-state index is 0.00458. The number of amides is 1. The van der Waals surface area contributed by atoms with Gasteiger partial charge in [-0.1, -0.05) is 0 Å². The Morgan fingerprint density at radius 3 is 3.18 bits per heavy atom. The lowest BCUT2D eigenvalue weighted by Gasteiger charge is -2.23. The van der Waals surface area contributed by atoms with Gasteiger partial charge in [0.1, 0.15) is 16.9 Å². The van der Waals surface area contributed by atoms with Crippen molar-refractivity contribution < 1.29 is 13.6 Å². The number of furan rings is 1. The maximum absolute atomic E-state index is 13.7. The summed E-state index contributed by atoms with van der Waals surface area (Å²) in [6.45, 7) is 3.19. The lowest BCUT2D eigenvalue weighted by atomic mass is 10.2. The summed E-state index contributed by atoms with van der Waals surface area (Å²) in [5, 5.41) is 5.76. The second-order valence-corrected chi connectivity index (χ2v) is 6.42. The molecule has 2 aromatic rings. The SMILES string of the molecule is Cc1occc1C(=O)NC[C@@H]1C[C@H](F)CN1Cc1nccs1. The van der Waals surface area contributed by atoms with Crippen LogP contribution in [0.3, 0.4) is 0 Å². The van der Waals surface area contributed by atoms with Gasteiger partial charge in [-0.3, -0.25) is 9.69 Å². The van der Waals surface area contributed by atoms with Gasteiger partial charge in [0.25, 0.3) is 5.91 Å². The smallest absolute Gasteiger partial charge is 0.254 e. The first kappa shape index (κ1) is 15.2. The Kier molecular flexibility index (Phi) is 4.54. The number of rotatable bonds is 5. The predicted octanol–water partition coefficient (Wildman–Crippen LogP) is 2.39. The zero-order valence-electron chi connectivity index (χ0n) is 12.3. The van der Waals surface area contributed by atoms with Crippen LogP contribution in [-0.4, -0.2) is 41.1 Å². The van der Waals surface area contributed by atoms with E-state index in [2.05, 4.69) is 10.3 Å². The van der Waals surface area contributed by atoms with Crippen molar-refractivity contribution in [2.24, 2.45) is 0 Å². The molecule has 1 amide bonds. The van der Waals surface area contributed by atoms with Crippen molar-refractivity contribution in [1.82, 2.24) is 15.2 Å². The van der Waals surface area contributed by atoms with Gasteiger partial charge < -0.3 is 9.73 Å². The largest absolute Gasteiger partial charge is 0.469 e. The molecule has 0 bridgehead atoms. The molecule has 5 nitrogen and oxygen atoms in total. The highest BCUT2D eigenvalue weighted by Crippen LogP contribution is 2.23. The molecule has 0 spiro atoms. The molecule has 1 aliphatic heterocycles. The monoisotopic (exact) mass is 323 g/mol. The van der Waals surface area contributed by atoms with Gasteiger partial charge in [0.2, 0.25) is 0 Å². The number of nitrogens with one attached hydrogen (secondary N) is 1. The second kappa shape index (κ2) is 6.58. The average molecular weight is 323 g/mol. The Morgan fingerprint density at radius 1 is 1.64 bits per heavy atom. The number of aromatic nitrogens is 1. The van der Waals surface area contributed by atoms with Gasteiger partial charge in [-0.05, 0) is 19.4 Å². The van der Waals surface area contributed by atoms with E-state index in [0.717, 1.165) is 5.01 Å². The van der Waals surface area contributed by atoms with Gasteiger partial charge in [0.15, 0.2) is 0 Å². The molecule has 2 aromatic heterocycles. The number of alkyl halides is 1. The fourth-order valence-electron chi connectivity index (χ4n) is 2.76. The van der Waals surface area contributed by atoms with Crippen LogP contribution in [0, 0.1) is 6.92 Å². The molecule has 0 radical (unpaired) electrons. The molecule has 2 atom stereocenters. The Labute approximate surface area is 132 Å². The number of hydrogen-bond donors (Lipinski definition) is 1. The van der Waals surface area contributed by atoms with Crippen LogP contribution in [0.1, 0.15) is 27.5 Å². The van der Waals surface area contributed by atoms with E-state index in [4.69, 9.17) is 4.42 Å². The Hall–Kier alpha value is -1.73. The van der Waals surface area contributed by atoms with Crippen molar-refractivity contribution in [3.63, 3.8) is 0 Å². The number of nitrogens with zero attached hydrogens (tertiary/aromatic N) is 2. The van der Waals surface area contributed by atoms with E-state index in [-0.39, 0.29) is 11.9 Å². The van der Waals surface area contributed by atoms with Crippen LogP contribution < -0.4 is 5.32 Å². The van der Waals surface area contributed by atoms with Crippen LogP contribution in [-0.2, 0) is 6.54 Å². The van der Waals surface area contributed by atoms with E-state index >= 15 is 0 Å². The zero-order chi connectivity index (χ0) is 15.5. The molecule has 7 heteroatoms. The molecule has 1 aliphatic rings. The van der Waals surface area contributed by atoms with Crippen molar-refractivity contribution in [3.05, 3.63) is 40.2 Å². The Morgan fingerprint density at radius 2 is 2.50 bits per heavy atom. The molecule has 0 saturated carbocycles. The maximum atomic E-state index is 13.7. The number of thiazole rings is 1. The molecule has 1 fully saturated rings. The number of aryl methyl sites for hydroxylation is 1. The summed E-state index contributed by atoms with van der Waals surface area (Å²) in [5.74, 6) is 0.412. The summed E-state index contributed by atoms with van der Waals surface area (Å²) in [6, 6.07) is 1.64. The van der Waals surface area contributed by atoms with Gasteiger partial charge in [0.05, 0.1) is 18.4 Å². The molecule has 0 unspecified atom stereocenters. The van der Waals surface area contributed by atoms with Crippen molar-refractivity contribution in [1.29, 1.82) is 0 Å². The lowest BCUT2D eigenvalue weighted by molar-refractivity contribution is 0.0938. The number of halogens is 1. The third kappa shape index (κ3) is 3.36. The third-order valence-electron chi connectivity index (χ3n) is 3.90. The van der Waals surface area contributed by atoms with E-state index in [1.807, 2.05) is 10.3 Å². The quantitative estimate of drug-likeness (QED) is 0.918. The standard InChI is InChI=1S/C15H18FN3O2S/c1-10-13(2-4-21-10)15(20)18-7-12-6-11(16)8-19(12)9-14-17-3-5-22-14/h2-5,11-12H,6-9H2,1H3,(H,18,20)/t11-,12-/m0/s1. The Balaban J connectivity index is 1.58. The molecule has 118 valence electrons. The summed E-state index contributed by atoms with van der Waals surface area (Å²) in [5.41, 5.74) is 0.529. The van der Waals surface area contributed by atoms with Crippen LogP contribution in [0.5, 0.6) is 0 Å². The Bertz CT molecular complexity index is 629. The van der Waals surface area contributed by atoms with E-state index in [9.17, 15) is 9.18 Å². The molecule has 1 saturated heterocycles. The summed E-state index contributed by atoms with van der Waals surface area (Å²) >= 11 is 1.56. The van der Waals surface area contributed by atoms with Crippen molar-refractivity contribution in [3.8, 4) is 0 Å². The summed E-state index contributed by atoms with van der Waals surface area (Å²) in [4.78, 5) is 18.4. The molecule has 1 N–H and O–H groups in total. The molecule has 0 aliphatic carbocycles. The van der Waals surface area contributed by atoms with E-state index in [0.29, 0.717) is 37.4 Å². The number of carbonyl (C=O) groups is 1. The van der Waals surface area contributed by atoms with Crippen LogP contribution in [0.2, 0.25) is 0 Å². The molecular formula is C15H18FN3O2S. The zero-order valence-corrected chi connectivity index (χ0v) is 13.1. The molecule has 0 aromatic carbocycles. The number of likely N-dealkylation sites (tertiary alicyclic amines) is 1. The average Bonchev–Trinajstić information content (AvgIpc) is 3.19. The highest BCUT2D eigenvalue weighted by atomic mass is 32.1. The number of hydrogen-bond acceptors (Lipinski definition) is 5. The van der Waals surface area contributed by atoms with Crippen LogP contribution in [0.15, 0.2) is 28.3 Å². The van der Waals surface area contributed by atoms with E-state index in [1.165, 1.54) is 6.26 Å². The van der Waals surface area contributed by atoms with Crippen LogP contribution in [0.4, 0.5) is 4.39 Å². The third-order valence-corrected chi connectivity index (χ3v) is 4.66. The van der Waals surface area contributed by atoms with Crippen molar-refractivity contribution in [2.45, 2.75) is 32.1 Å². The fourth-order valence-corrected chi connectivity index (χ4v) is 3.40. The highest BCUT2D eigenvalue weighted by Gasteiger charge is 2.32. The molecule has 3 rings (SSSR count). The number of carbonyl (C=O) groups excluding carboxylic acids is 1. The van der Waals surface area contributed by atoms with Crippen LogP contribution >= 0.6 is 11.3 Å². The van der Waals surface area contributed by atoms with E-state index < -0.39 is 6.17 Å². The summed E-state index contributed by atoms with van der Waals surface area (Å²) in [6.07, 6.45) is 2.83.